The van der Waals surface area contributed by atoms with Crippen LogP contribution in [0.25, 0.3) is 10.9 Å². The normalized spacial score (nSPS) is 17.0. The number of allylic oxidation sites excluding steroid dienone is 1. The molecule has 0 saturated carbocycles. The second-order valence-electron chi connectivity index (χ2n) is 5.95. The van der Waals surface area contributed by atoms with Crippen molar-refractivity contribution in [3.63, 3.8) is 0 Å². The van der Waals surface area contributed by atoms with Crippen LogP contribution in [0.15, 0.2) is 35.9 Å². The first-order valence-electron chi connectivity index (χ1n) is 8.08. The van der Waals surface area contributed by atoms with E-state index < -0.39 is 0 Å². The minimum atomic E-state index is -0.321. The fourth-order valence-electron chi connectivity index (χ4n) is 3.28. The number of benzene rings is 1. The van der Waals surface area contributed by atoms with Crippen LogP contribution in [0.4, 0.5) is 0 Å². The van der Waals surface area contributed by atoms with Crippen LogP contribution in [-0.2, 0) is 13.0 Å². The Kier molecular flexibility index (Phi) is 4.39. The third-order valence-electron chi connectivity index (χ3n) is 4.35. The number of aromatic nitrogens is 2. The molecule has 0 saturated heterocycles. The lowest BCUT2D eigenvalue weighted by atomic mass is 9.93. The van der Waals surface area contributed by atoms with E-state index in [1.807, 2.05) is 16.8 Å². The van der Waals surface area contributed by atoms with Crippen molar-refractivity contribution in [2.45, 2.75) is 58.1 Å². The Morgan fingerprint density at radius 1 is 1.24 bits per heavy atom. The number of aliphatic hydroxyl groups is 1. The molecule has 0 fully saturated rings. The van der Waals surface area contributed by atoms with Gasteiger partial charge in [0.2, 0.25) is 0 Å². The molecule has 112 valence electrons. The minimum absolute atomic E-state index is 0.321. The lowest BCUT2D eigenvalue weighted by Crippen LogP contribution is -2.13. The Morgan fingerprint density at radius 3 is 2.86 bits per heavy atom. The Morgan fingerprint density at radius 2 is 2.10 bits per heavy atom. The first-order chi connectivity index (χ1) is 10.3. The van der Waals surface area contributed by atoms with E-state index in [1.165, 1.54) is 35.7 Å². The van der Waals surface area contributed by atoms with Gasteiger partial charge in [0.25, 0.3) is 0 Å². The first kappa shape index (κ1) is 14.3. The lowest BCUT2D eigenvalue weighted by Gasteiger charge is -2.16. The third-order valence-corrected chi connectivity index (χ3v) is 4.35. The molecule has 3 nitrogen and oxygen atoms in total. The van der Waals surface area contributed by atoms with Crippen molar-refractivity contribution in [3.05, 3.63) is 41.6 Å². The summed E-state index contributed by atoms with van der Waals surface area (Å²) >= 11 is 0. The van der Waals surface area contributed by atoms with E-state index in [9.17, 15) is 5.11 Å². The number of nitrogens with zero attached hydrogens (tertiary/aromatic N) is 2. The second kappa shape index (κ2) is 6.44. The zero-order chi connectivity index (χ0) is 14.7. The first-order valence-corrected chi connectivity index (χ1v) is 8.08. The van der Waals surface area contributed by atoms with Crippen molar-refractivity contribution >= 4 is 10.9 Å². The van der Waals surface area contributed by atoms with Gasteiger partial charge < -0.3 is 5.11 Å². The highest BCUT2D eigenvalue weighted by Crippen LogP contribution is 2.24. The van der Waals surface area contributed by atoms with Gasteiger partial charge in [-0.15, -0.1) is 0 Å². The van der Waals surface area contributed by atoms with E-state index >= 15 is 0 Å². The van der Waals surface area contributed by atoms with Crippen molar-refractivity contribution in [1.82, 2.24) is 9.78 Å². The molecule has 1 unspecified atom stereocenters. The average molecular weight is 284 g/mol. The Hall–Kier alpha value is -1.61. The Bertz CT molecular complexity index is 642. The summed E-state index contributed by atoms with van der Waals surface area (Å²) in [7, 11) is 0. The van der Waals surface area contributed by atoms with Crippen molar-refractivity contribution < 1.29 is 5.11 Å². The third kappa shape index (κ3) is 3.18. The van der Waals surface area contributed by atoms with Gasteiger partial charge in [-0.3, -0.25) is 4.68 Å². The molecule has 3 heteroatoms. The standard InChI is InChI=1S/C18H24N2O/c1-2-20-18-11-7-6-10-16(18)17(19-20)13-15(21)12-14-8-4-3-5-9-14/h6-8,10-11,15,21H,2-5,9,12-13H2,1H3. The van der Waals surface area contributed by atoms with E-state index in [4.69, 9.17) is 0 Å². The smallest absolute Gasteiger partial charge is 0.0729 e. The van der Waals surface area contributed by atoms with Crippen LogP contribution in [-0.4, -0.2) is 21.0 Å². The molecule has 0 bridgehead atoms. The molecule has 2 aromatic rings. The molecular weight excluding hydrogens is 260 g/mol. The van der Waals surface area contributed by atoms with E-state index in [0.29, 0.717) is 6.42 Å². The van der Waals surface area contributed by atoms with Crippen molar-refractivity contribution in [2.75, 3.05) is 0 Å². The highest BCUT2D eigenvalue weighted by atomic mass is 16.3. The highest BCUT2D eigenvalue weighted by molar-refractivity contribution is 5.82. The van der Waals surface area contributed by atoms with E-state index in [0.717, 1.165) is 25.1 Å². The molecule has 0 spiro atoms. The predicted molar refractivity (Wildman–Crippen MR) is 86.3 cm³/mol. The van der Waals surface area contributed by atoms with Gasteiger partial charge in [0.1, 0.15) is 0 Å². The van der Waals surface area contributed by atoms with Crippen molar-refractivity contribution in [2.24, 2.45) is 0 Å². The van der Waals surface area contributed by atoms with Crippen molar-refractivity contribution in [3.8, 4) is 0 Å². The van der Waals surface area contributed by atoms with Gasteiger partial charge >= 0.3 is 0 Å². The van der Waals surface area contributed by atoms with Crippen LogP contribution in [0, 0.1) is 0 Å². The summed E-state index contributed by atoms with van der Waals surface area (Å²) in [6.45, 7) is 2.97. The highest BCUT2D eigenvalue weighted by Gasteiger charge is 2.15. The fourth-order valence-corrected chi connectivity index (χ4v) is 3.28. The number of fused-ring (bicyclic) bond motifs is 1. The summed E-state index contributed by atoms with van der Waals surface area (Å²) in [5, 5.41) is 16.3. The maximum atomic E-state index is 10.4. The number of para-hydroxylation sites is 1. The van der Waals surface area contributed by atoms with E-state index in [-0.39, 0.29) is 6.10 Å². The topological polar surface area (TPSA) is 38.0 Å². The molecule has 1 N–H and O–H groups in total. The molecule has 0 aliphatic heterocycles. The number of aryl methyl sites for hydroxylation is 1. The maximum absolute atomic E-state index is 10.4. The quantitative estimate of drug-likeness (QED) is 0.847. The van der Waals surface area contributed by atoms with Crippen LogP contribution in [0.5, 0.6) is 0 Å². The lowest BCUT2D eigenvalue weighted by molar-refractivity contribution is 0.172. The molecule has 1 aromatic heterocycles. The SMILES string of the molecule is CCn1nc(CC(O)CC2=CCCCC2)c2ccccc21. The van der Waals surface area contributed by atoms with Gasteiger partial charge in [0, 0.05) is 18.4 Å². The van der Waals surface area contributed by atoms with Crippen LogP contribution in [0.2, 0.25) is 0 Å². The van der Waals surface area contributed by atoms with Crippen LogP contribution >= 0.6 is 0 Å². The summed E-state index contributed by atoms with van der Waals surface area (Å²) in [6, 6.07) is 8.30. The zero-order valence-corrected chi connectivity index (χ0v) is 12.8. The number of rotatable bonds is 5. The molecular formula is C18H24N2O. The number of hydrogen-bond acceptors (Lipinski definition) is 2. The molecule has 1 atom stereocenters. The van der Waals surface area contributed by atoms with Gasteiger partial charge in [-0.25, -0.2) is 0 Å². The largest absolute Gasteiger partial charge is 0.392 e. The van der Waals surface area contributed by atoms with E-state index in [2.05, 4.69) is 30.2 Å². The van der Waals surface area contributed by atoms with Gasteiger partial charge in [-0.1, -0.05) is 29.8 Å². The molecule has 0 amide bonds. The molecule has 1 aromatic carbocycles. The summed E-state index contributed by atoms with van der Waals surface area (Å²) in [4.78, 5) is 0. The van der Waals surface area contributed by atoms with Gasteiger partial charge in [0.15, 0.2) is 0 Å². The van der Waals surface area contributed by atoms with Crippen molar-refractivity contribution in [1.29, 1.82) is 0 Å². The second-order valence-corrected chi connectivity index (χ2v) is 5.95. The summed E-state index contributed by atoms with van der Waals surface area (Å²) in [5.41, 5.74) is 3.61. The minimum Gasteiger partial charge on any atom is -0.392 e. The zero-order valence-electron chi connectivity index (χ0n) is 12.8. The van der Waals surface area contributed by atoms with Crippen LogP contribution < -0.4 is 0 Å². The molecule has 1 aliphatic rings. The van der Waals surface area contributed by atoms with Crippen LogP contribution in [0.1, 0.15) is 44.7 Å². The summed E-state index contributed by atoms with van der Waals surface area (Å²) in [6.07, 6.45) is 8.33. The van der Waals surface area contributed by atoms with Gasteiger partial charge in [-0.2, -0.15) is 5.10 Å². The fraction of sp³-hybridized carbons (Fsp3) is 0.500. The Labute approximate surface area is 126 Å². The van der Waals surface area contributed by atoms with Gasteiger partial charge in [0.05, 0.1) is 17.3 Å². The monoisotopic (exact) mass is 284 g/mol. The predicted octanol–water partition coefficient (Wildman–Crippen LogP) is 3.85. The molecule has 0 radical (unpaired) electrons. The summed E-state index contributed by atoms with van der Waals surface area (Å²) < 4.78 is 2.03. The molecule has 21 heavy (non-hydrogen) atoms. The number of aliphatic hydroxyl groups excluding tert-OH is 1. The van der Waals surface area contributed by atoms with Crippen LogP contribution in [0.3, 0.4) is 0 Å². The van der Waals surface area contributed by atoms with E-state index in [1.54, 1.807) is 0 Å². The molecule has 1 heterocycles. The average Bonchev–Trinajstić information content (AvgIpc) is 2.86. The summed E-state index contributed by atoms with van der Waals surface area (Å²) in [5.74, 6) is 0. The molecule has 3 rings (SSSR count). The Balaban J connectivity index is 1.76. The number of hydrogen-bond donors (Lipinski definition) is 1. The maximum Gasteiger partial charge on any atom is 0.0729 e. The molecule has 1 aliphatic carbocycles. The van der Waals surface area contributed by atoms with Gasteiger partial charge in [-0.05, 0) is 45.1 Å².